The number of rotatable bonds is 7. The number of sulfonamides is 1. The summed E-state index contributed by atoms with van der Waals surface area (Å²) < 4.78 is 33.8. The molecule has 3 saturated carbocycles. The van der Waals surface area contributed by atoms with E-state index in [-0.39, 0.29) is 36.6 Å². The molecule has 7 rings (SSSR count). The molecule has 12 nitrogen and oxygen atoms in total. The van der Waals surface area contributed by atoms with Crippen LogP contribution in [0, 0.1) is 17.3 Å². The van der Waals surface area contributed by atoms with E-state index in [2.05, 4.69) is 53.6 Å². The van der Waals surface area contributed by atoms with E-state index in [1.54, 1.807) is 15.9 Å². The van der Waals surface area contributed by atoms with Crippen molar-refractivity contribution in [3.05, 3.63) is 47.5 Å². The highest BCUT2D eigenvalue weighted by Gasteiger charge is 2.62. The summed E-state index contributed by atoms with van der Waals surface area (Å²) in [5.74, 6) is -1.86. The van der Waals surface area contributed by atoms with E-state index in [0.29, 0.717) is 32.5 Å². The van der Waals surface area contributed by atoms with Crippen LogP contribution in [0.25, 0.3) is 0 Å². The van der Waals surface area contributed by atoms with Crippen molar-refractivity contribution in [2.45, 2.75) is 139 Å². The molecule has 4 fully saturated rings. The van der Waals surface area contributed by atoms with Crippen molar-refractivity contribution in [2.24, 2.45) is 17.3 Å². The Balaban J connectivity index is 1.18. The average Bonchev–Trinajstić information content (AvgIpc) is 3.89. The number of fused-ring (bicyclic) bond motifs is 3. The first-order chi connectivity index (χ1) is 25.2. The van der Waals surface area contributed by atoms with Crippen molar-refractivity contribution in [3.63, 3.8) is 0 Å². The highest BCUT2D eigenvalue weighted by Crippen LogP contribution is 2.46. The predicted octanol–water partition coefficient (Wildman–Crippen LogP) is 4.41. The van der Waals surface area contributed by atoms with E-state index in [4.69, 9.17) is 4.74 Å². The van der Waals surface area contributed by atoms with Crippen molar-refractivity contribution < 1.29 is 32.3 Å². The number of hydrogen-bond donors (Lipinski definition) is 2. The summed E-state index contributed by atoms with van der Waals surface area (Å²) >= 11 is 0. The van der Waals surface area contributed by atoms with Crippen LogP contribution in [0.4, 0.5) is 4.79 Å². The molecule has 1 aromatic rings. The van der Waals surface area contributed by atoms with Gasteiger partial charge in [-0.3, -0.25) is 28.9 Å². The van der Waals surface area contributed by atoms with Crippen LogP contribution >= 0.6 is 0 Å². The monoisotopic (exact) mass is 751 g/mol. The van der Waals surface area contributed by atoms with E-state index in [9.17, 15) is 27.6 Å². The Bertz CT molecular complexity index is 1740. The molecule has 3 heterocycles. The zero-order valence-corrected chi connectivity index (χ0v) is 32.4. The number of carbonyl (C=O) groups is 4. The number of likely N-dealkylation sites (N-methyl/N-ethyl adjacent to an activating group) is 1. The van der Waals surface area contributed by atoms with E-state index in [0.717, 1.165) is 63.4 Å². The maximum Gasteiger partial charge on any atom is 0.410 e. The number of hydrogen-bond acceptors (Lipinski definition) is 8. The predicted molar refractivity (Wildman–Crippen MR) is 200 cm³/mol. The SMILES string of the molecule is C=C[C@@H]1C[C@]1(NC(=O)[C@@H]1C[C@@H]2CN1C(=O)[C@H](C1CCCC1)N(C)CC(C)(C)CCCCCc1cccc3c1CN(C3)C(=O)O2)C(=O)NS(=O)(=O)C1CC1. The van der Waals surface area contributed by atoms with Crippen LogP contribution in [0.5, 0.6) is 0 Å². The van der Waals surface area contributed by atoms with Gasteiger partial charge < -0.3 is 15.0 Å². The fraction of sp³-hybridized carbons (Fsp3) is 0.700. The molecule has 2 N–H and O–H groups in total. The molecule has 53 heavy (non-hydrogen) atoms. The zero-order chi connectivity index (χ0) is 37.7. The molecule has 290 valence electrons. The Kier molecular flexibility index (Phi) is 10.5. The van der Waals surface area contributed by atoms with E-state index in [1.165, 1.54) is 11.1 Å². The summed E-state index contributed by atoms with van der Waals surface area (Å²) in [6, 6.07) is 4.80. The van der Waals surface area contributed by atoms with Crippen LogP contribution in [0.15, 0.2) is 30.9 Å². The van der Waals surface area contributed by atoms with E-state index < -0.39 is 62.8 Å². The van der Waals surface area contributed by atoms with E-state index in [1.807, 2.05) is 7.05 Å². The molecule has 4 amide bonds. The molecular formula is C40H57N5O7S. The van der Waals surface area contributed by atoms with Crippen LogP contribution in [-0.4, -0.2) is 96.0 Å². The fourth-order valence-electron chi connectivity index (χ4n) is 9.61. The van der Waals surface area contributed by atoms with Gasteiger partial charge in [-0.05, 0) is 86.4 Å². The summed E-state index contributed by atoms with van der Waals surface area (Å²) in [6.07, 6.45) is 10.7. The lowest BCUT2D eigenvalue weighted by Gasteiger charge is -2.40. The van der Waals surface area contributed by atoms with Gasteiger partial charge in [-0.2, -0.15) is 0 Å². The second kappa shape index (κ2) is 14.7. The standard InChI is InChI=1S/C40H57N5O7S/c1-5-29-21-40(29,37(48)42-53(50,51)31-17-18-31)41-35(46)33-20-30-23-45(33)36(47)34(27-13-8-9-14-27)43(4)25-39(2,3)19-10-6-7-12-26-15-11-16-28-22-44(24-32(26)28)38(49)52-30/h5,11,15-16,27,29-31,33-34H,1,6-10,12-14,17-25H2,2-4H3,(H,41,46)(H,42,48)/t29-,30-,33+,34+,40-/m1/s1. The van der Waals surface area contributed by atoms with Crippen molar-refractivity contribution in [1.29, 1.82) is 0 Å². The third-order valence-corrected chi connectivity index (χ3v) is 14.6. The number of nitrogens with zero attached hydrogens (tertiary/aromatic N) is 3. The number of carbonyl (C=O) groups excluding carboxylic acids is 4. The Morgan fingerprint density at radius 3 is 2.43 bits per heavy atom. The molecule has 6 aliphatic rings. The van der Waals surface area contributed by atoms with Gasteiger partial charge >= 0.3 is 6.09 Å². The van der Waals surface area contributed by atoms with Gasteiger partial charge in [-0.15, -0.1) is 6.58 Å². The van der Waals surface area contributed by atoms with Gasteiger partial charge in [0.2, 0.25) is 21.8 Å². The average molecular weight is 752 g/mol. The summed E-state index contributed by atoms with van der Waals surface area (Å²) in [6.45, 7) is 10.0. The summed E-state index contributed by atoms with van der Waals surface area (Å²) in [7, 11) is -1.84. The maximum atomic E-state index is 15.0. The summed E-state index contributed by atoms with van der Waals surface area (Å²) in [4.78, 5) is 62.1. The van der Waals surface area contributed by atoms with Gasteiger partial charge in [-0.1, -0.05) is 63.8 Å². The molecule has 3 aliphatic carbocycles. The summed E-state index contributed by atoms with van der Waals surface area (Å²) in [5.41, 5.74) is 2.03. The second-order valence-electron chi connectivity index (χ2n) is 17.5. The Labute approximate surface area is 314 Å². The summed E-state index contributed by atoms with van der Waals surface area (Å²) in [5, 5.41) is 2.28. The van der Waals surface area contributed by atoms with Crippen LogP contribution in [0.3, 0.4) is 0 Å². The third-order valence-electron chi connectivity index (χ3n) is 12.8. The first-order valence-corrected chi connectivity index (χ1v) is 21.3. The molecular weight excluding hydrogens is 695 g/mol. The second-order valence-corrected chi connectivity index (χ2v) is 19.4. The Morgan fingerprint density at radius 2 is 1.74 bits per heavy atom. The lowest BCUT2D eigenvalue weighted by atomic mass is 9.84. The molecule has 0 spiro atoms. The quantitative estimate of drug-likeness (QED) is 0.390. The lowest BCUT2D eigenvalue weighted by molar-refractivity contribution is -0.145. The van der Waals surface area contributed by atoms with Gasteiger partial charge in [0.05, 0.1) is 17.8 Å². The van der Waals surface area contributed by atoms with Crippen LogP contribution in [0.2, 0.25) is 0 Å². The van der Waals surface area contributed by atoms with Crippen LogP contribution < -0.4 is 10.0 Å². The molecule has 13 heteroatoms. The van der Waals surface area contributed by atoms with Crippen molar-refractivity contribution in [2.75, 3.05) is 20.1 Å². The normalized spacial score (nSPS) is 31.3. The zero-order valence-electron chi connectivity index (χ0n) is 31.6. The smallest absolute Gasteiger partial charge is 0.410 e. The molecule has 3 aliphatic heterocycles. The Hall–Kier alpha value is -3.45. The number of benzene rings is 1. The minimum atomic E-state index is -3.86. The van der Waals surface area contributed by atoms with Crippen LogP contribution in [0.1, 0.15) is 108 Å². The molecule has 1 saturated heterocycles. The van der Waals surface area contributed by atoms with Crippen LogP contribution in [-0.2, 0) is 48.7 Å². The number of ether oxygens (including phenoxy) is 1. The van der Waals surface area contributed by atoms with Crippen molar-refractivity contribution in [1.82, 2.24) is 24.7 Å². The molecule has 0 unspecified atom stereocenters. The number of amides is 4. The first kappa shape index (κ1) is 37.8. The van der Waals surface area contributed by atoms with Crippen molar-refractivity contribution in [3.8, 4) is 0 Å². The molecule has 4 bridgehead atoms. The Morgan fingerprint density at radius 1 is 1.00 bits per heavy atom. The fourth-order valence-corrected chi connectivity index (χ4v) is 11.0. The minimum absolute atomic E-state index is 0.0463. The maximum absolute atomic E-state index is 15.0. The molecule has 0 radical (unpaired) electrons. The van der Waals surface area contributed by atoms with Gasteiger partial charge in [0, 0.05) is 32.0 Å². The largest absolute Gasteiger partial charge is 0.444 e. The number of nitrogens with one attached hydrogen (secondary N) is 2. The van der Waals surface area contributed by atoms with E-state index >= 15 is 0 Å². The highest BCUT2D eigenvalue weighted by atomic mass is 32.2. The molecule has 0 aromatic heterocycles. The molecule has 5 atom stereocenters. The minimum Gasteiger partial charge on any atom is -0.444 e. The third kappa shape index (κ3) is 7.88. The molecule has 1 aromatic carbocycles. The van der Waals surface area contributed by atoms with Gasteiger partial charge in [-0.25, -0.2) is 13.2 Å². The topological polar surface area (TPSA) is 145 Å². The van der Waals surface area contributed by atoms with Gasteiger partial charge in [0.1, 0.15) is 17.7 Å². The van der Waals surface area contributed by atoms with Gasteiger partial charge in [0.25, 0.3) is 5.91 Å². The van der Waals surface area contributed by atoms with Gasteiger partial charge in [0.15, 0.2) is 0 Å². The number of aryl methyl sites for hydroxylation is 1. The van der Waals surface area contributed by atoms with Crippen molar-refractivity contribution >= 4 is 33.8 Å². The lowest BCUT2D eigenvalue weighted by Crippen LogP contribution is -2.59. The first-order valence-electron chi connectivity index (χ1n) is 19.8. The highest BCUT2D eigenvalue weighted by molar-refractivity contribution is 7.91.